The smallest absolute Gasteiger partial charge is 0.148 e. The first-order chi connectivity index (χ1) is 10.3. The van der Waals surface area contributed by atoms with Crippen LogP contribution in [0.15, 0.2) is 48.5 Å². The van der Waals surface area contributed by atoms with Gasteiger partial charge in [0.15, 0.2) is 0 Å². The third kappa shape index (κ3) is 4.77. The van der Waals surface area contributed by atoms with Crippen LogP contribution in [0.4, 0.5) is 5.69 Å². The summed E-state index contributed by atoms with van der Waals surface area (Å²) in [6, 6.07) is 15.8. The maximum atomic E-state index is 5.41. The molecule has 21 heavy (non-hydrogen) atoms. The van der Waals surface area contributed by atoms with Gasteiger partial charge >= 0.3 is 0 Å². The second-order valence-electron chi connectivity index (χ2n) is 4.45. The van der Waals surface area contributed by atoms with Gasteiger partial charge in [-0.2, -0.15) is 0 Å². The Labute approximate surface area is 125 Å². The highest BCUT2D eigenvalue weighted by Gasteiger charge is 1.97. The molecule has 0 heterocycles. The summed E-state index contributed by atoms with van der Waals surface area (Å²) in [4.78, 5) is 0. The molecule has 0 atom stereocenters. The molecule has 0 unspecified atom stereocenters. The molecule has 0 aromatic heterocycles. The van der Waals surface area contributed by atoms with E-state index in [1.165, 1.54) is 5.56 Å². The van der Waals surface area contributed by atoms with E-state index in [1.54, 1.807) is 0 Å². The fourth-order valence-corrected chi connectivity index (χ4v) is 1.87. The first-order valence-corrected chi connectivity index (χ1v) is 6.93. The molecule has 0 fully saturated rings. The lowest BCUT2D eigenvalue weighted by Gasteiger charge is -2.09. The third-order valence-electron chi connectivity index (χ3n) is 2.91. The van der Waals surface area contributed by atoms with Crippen molar-refractivity contribution in [3.63, 3.8) is 0 Å². The van der Waals surface area contributed by atoms with Crippen LogP contribution < -0.4 is 14.8 Å². The fourth-order valence-electron chi connectivity index (χ4n) is 1.87. The normalized spacial score (nSPS) is 9.71. The standard InChI is InChI=1S/C18H19NO2/c1-3-13-21-18-9-5-15(6-10-18)14-19-16-7-11-17(12-8-16)20-4-2/h1,5-12,19H,4,13-14H2,2H3. The maximum absolute atomic E-state index is 5.41. The largest absolute Gasteiger partial charge is 0.494 e. The molecule has 0 saturated heterocycles. The Hall–Kier alpha value is -2.60. The average molecular weight is 281 g/mol. The van der Waals surface area contributed by atoms with Crippen molar-refractivity contribution in [2.75, 3.05) is 18.5 Å². The van der Waals surface area contributed by atoms with Crippen molar-refractivity contribution in [3.05, 3.63) is 54.1 Å². The Morgan fingerprint density at radius 1 is 0.952 bits per heavy atom. The topological polar surface area (TPSA) is 30.5 Å². The second kappa shape index (κ2) is 7.86. The lowest BCUT2D eigenvalue weighted by atomic mass is 10.2. The van der Waals surface area contributed by atoms with E-state index in [9.17, 15) is 0 Å². The summed E-state index contributed by atoms with van der Waals surface area (Å²) in [5.41, 5.74) is 2.24. The van der Waals surface area contributed by atoms with Crippen molar-refractivity contribution in [1.29, 1.82) is 0 Å². The average Bonchev–Trinajstić information content (AvgIpc) is 2.53. The molecule has 0 amide bonds. The zero-order chi connectivity index (χ0) is 14.9. The van der Waals surface area contributed by atoms with Gasteiger partial charge in [0.1, 0.15) is 18.1 Å². The number of benzene rings is 2. The molecule has 0 radical (unpaired) electrons. The summed E-state index contributed by atoms with van der Waals surface area (Å²) in [5.74, 6) is 4.12. The van der Waals surface area contributed by atoms with Crippen molar-refractivity contribution in [1.82, 2.24) is 0 Å². The number of ether oxygens (including phenoxy) is 2. The van der Waals surface area contributed by atoms with Gasteiger partial charge in [-0.25, -0.2) is 0 Å². The molecule has 2 rings (SSSR count). The van der Waals surface area contributed by atoms with Crippen LogP contribution in [0.1, 0.15) is 12.5 Å². The van der Waals surface area contributed by atoms with Crippen LogP contribution in [0.2, 0.25) is 0 Å². The first kappa shape index (κ1) is 14.8. The highest BCUT2D eigenvalue weighted by atomic mass is 16.5. The predicted octanol–water partition coefficient (Wildman–Crippen LogP) is 3.71. The molecular weight excluding hydrogens is 262 g/mol. The highest BCUT2D eigenvalue weighted by Crippen LogP contribution is 2.17. The molecule has 0 saturated carbocycles. The Morgan fingerprint density at radius 2 is 1.57 bits per heavy atom. The van der Waals surface area contributed by atoms with Crippen LogP contribution in [-0.4, -0.2) is 13.2 Å². The van der Waals surface area contributed by atoms with Gasteiger partial charge in [-0.05, 0) is 48.9 Å². The van der Waals surface area contributed by atoms with Crippen LogP contribution >= 0.6 is 0 Å². The zero-order valence-electron chi connectivity index (χ0n) is 12.1. The molecule has 0 aliphatic heterocycles. The SMILES string of the molecule is C#CCOc1ccc(CNc2ccc(OCC)cc2)cc1. The van der Waals surface area contributed by atoms with E-state index in [1.807, 2.05) is 55.5 Å². The minimum atomic E-state index is 0.295. The van der Waals surface area contributed by atoms with E-state index < -0.39 is 0 Å². The number of hydrogen-bond acceptors (Lipinski definition) is 3. The molecule has 3 nitrogen and oxygen atoms in total. The fraction of sp³-hybridized carbons (Fsp3) is 0.222. The Bertz CT molecular complexity index is 582. The van der Waals surface area contributed by atoms with E-state index in [4.69, 9.17) is 15.9 Å². The van der Waals surface area contributed by atoms with Gasteiger partial charge in [0, 0.05) is 12.2 Å². The Morgan fingerprint density at radius 3 is 2.19 bits per heavy atom. The maximum Gasteiger partial charge on any atom is 0.148 e. The Balaban J connectivity index is 1.86. The molecule has 1 N–H and O–H groups in total. The summed E-state index contributed by atoms with van der Waals surface area (Å²) in [6.07, 6.45) is 5.15. The summed E-state index contributed by atoms with van der Waals surface area (Å²) < 4.78 is 10.8. The van der Waals surface area contributed by atoms with Gasteiger partial charge in [-0.1, -0.05) is 18.1 Å². The molecule has 0 bridgehead atoms. The van der Waals surface area contributed by atoms with E-state index in [0.29, 0.717) is 13.2 Å². The van der Waals surface area contributed by atoms with Crippen molar-refractivity contribution >= 4 is 5.69 Å². The monoisotopic (exact) mass is 281 g/mol. The molecule has 0 aliphatic carbocycles. The number of terminal acetylenes is 1. The number of hydrogen-bond donors (Lipinski definition) is 1. The quantitative estimate of drug-likeness (QED) is 0.785. The second-order valence-corrected chi connectivity index (χ2v) is 4.45. The Kier molecular flexibility index (Phi) is 5.54. The van der Waals surface area contributed by atoms with Crippen LogP contribution in [0.25, 0.3) is 0 Å². The highest BCUT2D eigenvalue weighted by molar-refractivity contribution is 5.47. The van der Waals surface area contributed by atoms with Crippen LogP contribution in [0, 0.1) is 12.3 Å². The van der Waals surface area contributed by atoms with Gasteiger partial charge in [-0.15, -0.1) is 6.42 Å². The molecule has 108 valence electrons. The van der Waals surface area contributed by atoms with Gasteiger partial charge in [0.05, 0.1) is 6.61 Å². The first-order valence-electron chi connectivity index (χ1n) is 6.93. The lowest BCUT2D eigenvalue weighted by Crippen LogP contribution is -2.00. The van der Waals surface area contributed by atoms with Crippen LogP contribution in [0.5, 0.6) is 11.5 Å². The minimum Gasteiger partial charge on any atom is -0.494 e. The summed E-state index contributed by atoms with van der Waals surface area (Å²) in [7, 11) is 0. The van der Waals surface area contributed by atoms with Gasteiger partial charge in [0.25, 0.3) is 0 Å². The van der Waals surface area contributed by atoms with Crippen molar-refractivity contribution in [2.45, 2.75) is 13.5 Å². The molecule has 3 heteroatoms. The number of rotatable bonds is 7. The third-order valence-corrected chi connectivity index (χ3v) is 2.91. The zero-order valence-corrected chi connectivity index (χ0v) is 12.1. The summed E-state index contributed by atoms with van der Waals surface area (Å²) >= 11 is 0. The van der Waals surface area contributed by atoms with Crippen molar-refractivity contribution in [2.24, 2.45) is 0 Å². The number of nitrogens with one attached hydrogen (secondary N) is 1. The van der Waals surface area contributed by atoms with Crippen molar-refractivity contribution in [3.8, 4) is 23.8 Å². The van der Waals surface area contributed by atoms with E-state index in [2.05, 4.69) is 11.2 Å². The van der Waals surface area contributed by atoms with Gasteiger partial charge in [-0.3, -0.25) is 0 Å². The number of anilines is 1. The summed E-state index contributed by atoms with van der Waals surface area (Å²) in [6.45, 7) is 3.71. The van der Waals surface area contributed by atoms with E-state index >= 15 is 0 Å². The van der Waals surface area contributed by atoms with Gasteiger partial charge in [0.2, 0.25) is 0 Å². The van der Waals surface area contributed by atoms with Crippen LogP contribution in [0.3, 0.4) is 0 Å². The lowest BCUT2D eigenvalue weighted by molar-refractivity contribution is 0.340. The van der Waals surface area contributed by atoms with Gasteiger partial charge < -0.3 is 14.8 Å². The summed E-state index contributed by atoms with van der Waals surface area (Å²) in [5, 5.41) is 3.36. The molecule has 0 spiro atoms. The molecule has 2 aromatic rings. The van der Waals surface area contributed by atoms with Crippen molar-refractivity contribution < 1.29 is 9.47 Å². The van der Waals surface area contributed by atoms with Crippen LogP contribution in [-0.2, 0) is 6.54 Å². The minimum absolute atomic E-state index is 0.295. The molecule has 0 aliphatic rings. The van der Waals surface area contributed by atoms with E-state index in [0.717, 1.165) is 23.7 Å². The van der Waals surface area contributed by atoms with E-state index in [-0.39, 0.29) is 0 Å². The molecule has 2 aromatic carbocycles. The molecular formula is C18H19NO2. The predicted molar refractivity (Wildman–Crippen MR) is 85.7 cm³/mol.